The summed E-state index contributed by atoms with van der Waals surface area (Å²) >= 11 is 0. The van der Waals surface area contributed by atoms with Crippen LogP contribution >= 0.6 is 0 Å². The maximum absolute atomic E-state index is 9.89. The number of allylic oxidation sites excluding steroid dienone is 1. The van der Waals surface area contributed by atoms with Crippen LogP contribution in [-0.4, -0.2) is 49.9 Å². The Bertz CT molecular complexity index is 271. The van der Waals surface area contributed by atoms with Crippen LogP contribution in [0, 0.1) is 0 Å². The molecule has 0 fully saturated rings. The van der Waals surface area contributed by atoms with Gasteiger partial charge >= 0.3 is 0 Å². The molecule has 0 amide bonds. The molecule has 0 aliphatic carbocycles. The summed E-state index contributed by atoms with van der Waals surface area (Å²) in [6.45, 7) is 12.2. The molecule has 4 nitrogen and oxygen atoms in total. The highest BCUT2D eigenvalue weighted by molar-refractivity contribution is 7.85. The highest BCUT2D eigenvalue weighted by atomic mass is 32.2. The molecule has 98 valence electrons. The van der Waals surface area contributed by atoms with E-state index >= 15 is 0 Å². The van der Waals surface area contributed by atoms with Crippen LogP contribution in [0.2, 0.25) is 0 Å². The molecule has 0 aliphatic heterocycles. The highest BCUT2D eigenvalue weighted by Gasteiger charge is 2.10. The minimum Gasteiger partial charge on any atom is -0.327 e. The van der Waals surface area contributed by atoms with Gasteiger partial charge in [-0.1, -0.05) is 12.2 Å². The van der Waals surface area contributed by atoms with E-state index in [2.05, 4.69) is 27.8 Å². The summed E-state index contributed by atoms with van der Waals surface area (Å²) < 4.78 is 29.1. The van der Waals surface area contributed by atoms with Crippen molar-refractivity contribution < 1.29 is 17.5 Å². The molecule has 0 unspecified atom stereocenters. The Kier molecular flexibility index (Phi) is 9.81. The highest BCUT2D eigenvalue weighted by Crippen LogP contribution is 1.97. The summed E-state index contributed by atoms with van der Waals surface area (Å²) in [5, 5.41) is 0. The zero-order valence-electron chi connectivity index (χ0n) is 11.1. The minimum absolute atomic E-state index is 0.288. The number of quaternary nitrogens is 1. The van der Waals surface area contributed by atoms with Gasteiger partial charge in [0, 0.05) is 0 Å². The Morgan fingerprint density at radius 1 is 1.12 bits per heavy atom. The SMILES string of the molecule is CC=CCS(=O)(=O)O.CC[N+](C)(CC)CC. The van der Waals surface area contributed by atoms with E-state index in [4.69, 9.17) is 4.55 Å². The molecule has 0 rings (SSSR count). The smallest absolute Gasteiger partial charge is 0.268 e. The number of rotatable bonds is 5. The van der Waals surface area contributed by atoms with Gasteiger partial charge in [-0.25, -0.2) is 0 Å². The number of hydrogen-bond acceptors (Lipinski definition) is 2. The molecular formula is C11H26NO3S+. The van der Waals surface area contributed by atoms with Crippen molar-refractivity contribution in [2.24, 2.45) is 0 Å². The van der Waals surface area contributed by atoms with E-state index in [0.29, 0.717) is 0 Å². The summed E-state index contributed by atoms with van der Waals surface area (Å²) in [6.07, 6.45) is 2.93. The fourth-order valence-electron chi connectivity index (χ4n) is 0.889. The second-order valence-corrected chi connectivity index (χ2v) is 5.38. The lowest BCUT2D eigenvalue weighted by Crippen LogP contribution is -2.42. The lowest BCUT2D eigenvalue weighted by molar-refractivity contribution is -0.904. The van der Waals surface area contributed by atoms with Gasteiger partial charge in [0.25, 0.3) is 10.1 Å². The van der Waals surface area contributed by atoms with Crippen LogP contribution in [0.3, 0.4) is 0 Å². The van der Waals surface area contributed by atoms with Gasteiger partial charge in [-0.3, -0.25) is 4.55 Å². The van der Waals surface area contributed by atoms with Crippen LogP contribution in [0.15, 0.2) is 12.2 Å². The van der Waals surface area contributed by atoms with Crippen LogP contribution in [0.5, 0.6) is 0 Å². The van der Waals surface area contributed by atoms with Crippen LogP contribution < -0.4 is 0 Å². The Morgan fingerprint density at radius 2 is 1.50 bits per heavy atom. The van der Waals surface area contributed by atoms with E-state index < -0.39 is 10.1 Å². The molecule has 0 aromatic carbocycles. The van der Waals surface area contributed by atoms with Crippen molar-refractivity contribution in [3.8, 4) is 0 Å². The van der Waals surface area contributed by atoms with Crippen molar-refractivity contribution in [1.82, 2.24) is 0 Å². The van der Waals surface area contributed by atoms with Gasteiger partial charge in [0.15, 0.2) is 0 Å². The predicted octanol–water partition coefficient (Wildman–Crippen LogP) is 1.94. The van der Waals surface area contributed by atoms with E-state index in [0.717, 1.165) is 0 Å². The summed E-state index contributed by atoms with van der Waals surface area (Å²) in [5.41, 5.74) is 0. The van der Waals surface area contributed by atoms with Gasteiger partial charge in [-0.05, 0) is 27.7 Å². The third kappa shape index (κ3) is 11.7. The first-order valence-corrected chi connectivity index (χ1v) is 7.25. The standard InChI is InChI=1S/C7H18N.C4H8O3S/c1-5-8(4,6-2)7-3;1-2-3-4-8(5,6)7/h5-7H2,1-4H3;2-3H,4H2,1H3,(H,5,6,7)/q+1;. The first-order chi connectivity index (χ1) is 7.24. The Balaban J connectivity index is 0. The fourth-order valence-corrected chi connectivity index (χ4v) is 1.32. The van der Waals surface area contributed by atoms with Gasteiger partial charge < -0.3 is 4.48 Å². The van der Waals surface area contributed by atoms with Crippen LogP contribution in [-0.2, 0) is 10.1 Å². The minimum atomic E-state index is -3.77. The normalized spacial score (nSPS) is 12.4. The molecule has 16 heavy (non-hydrogen) atoms. The van der Waals surface area contributed by atoms with Gasteiger partial charge in [-0.15, -0.1) is 0 Å². The molecule has 0 spiro atoms. The van der Waals surface area contributed by atoms with Crippen molar-refractivity contribution in [3.05, 3.63) is 12.2 Å². The maximum Gasteiger partial charge on any atom is 0.268 e. The summed E-state index contributed by atoms with van der Waals surface area (Å²) in [7, 11) is -1.48. The van der Waals surface area contributed by atoms with Crippen molar-refractivity contribution in [3.63, 3.8) is 0 Å². The van der Waals surface area contributed by atoms with Crippen molar-refractivity contribution in [2.75, 3.05) is 32.4 Å². The zero-order valence-corrected chi connectivity index (χ0v) is 11.9. The Morgan fingerprint density at radius 3 is 1.56 bits per heavy atom. The molecule has 0 aromatic rings. The quantitative estimate of drug-likeness (QED) is 0.462. The molecule has 0 radical (unpaired) electrons. The van der Waals surface area contributed by atoms with E-state index in [1.807, 2.05) is 0 Å². The second-order valence-electron chi connectivity index (χ2n) is 3.89. The molecule has 0 atom stereocenters. The topological polar surface area (TPSA) is 54.4 Å². The number of hydrogen-bond donors (Lipinski definition) is 1. The second kappa shape index (κ2) is 8.73. The van der Waals surface area contributed by atoms with Crippen LogP contribution in [0.25, 0.3) is 0 Å². The molecule has 0 saturated heterocycles. The lowest BCUT2D eigenvalue weighted by atomic mass is 10.4. The van der Waals surface area contributed by atoms with Gasteiger partial charge in [0.1, 0.15) is 0 Å². The van der Waals surface area contributed by atoms with E-state index in [1.54, 1.807) is 13.0 Å². The summed E-state index contributed by atoms with van der Waals surface area (Å²) in [5.74, 6) is -0.288. The summed E-state index contributed by atoms with van der Waals surface area (Å²) in [4.78, 5) is 0. The maximum atomic E-state index is 9.89. The average Bonchev–Trinajstić information content (AvgIpc) is 2.25. The fraction of sp³-hybridized carbons (Fsp3) is 0.818. The Hall–Kier alpha value is -0.390. The van der Waals surface area contributed by atoms with Crippen molar-refractivity contribution in [2.45, 2.75) is 27.7 Å². The van der Waals surface area contributed by atoms with Crippen molar-refractivity contribution >= 4 is 10.1 Å². The van der Waals surface area contributed by atoms with Crippen LogP contribution in [0.4, 0.5) is 0 Å². The van der Waals surface area contributed by atoms with Crippen molar-refractivity contribution in [1.29, 1.82) is 0 Å². The molecule has 1 N–H and O–H groups in total. The molecule has 0 heterocycles. The van der Waals surface area contributed by atoms with E-state index in [-0.39, 0.29) is 5.75 Å². The van der Waals surface area contributed by atoms with E-state index in [1.165, 1.54) is 30.2 Å². The monoisotopic (exact) mass is 252 g/mol. The van der Waals surface area contributed by atoms with E-state index in [9.17, 15) is 8.42 Å². The number of nitrogens with zero attached hydrogens (tertiary/aromatic N) is 1. The Labute approximate surface area is 100 Å². The first kappa shape index (κ1) is 18.0. The lowest BCUT2D eigenvalue weighted by Gasteiger charge is -2.30. The predicted molar refractivity (Wildman–Crippen MR) is 69.0 cm³/mol. The third-order valence-corrected chi connectivity index (χ3v) is 3.45. The van der Waals surface area contributed by atoms with Gasteiger partial charge in [-0.2, -0.15) is 8.42 Å². The molecule has 0 saturated carbocycles. The largest absolute Gasteiger partial charge is 0.327 e. The summed E-state index contributed by atoms with van der Waals surface area (Å²) in [6, 6.07) is 0. The van der Waals surface area contributed by atoms with Gasteiger partial charge in [0.2, 0.25) is 0 Å². The average molecular weight is 252 g/mol. The molecule has 5 heteroatoms. The molecular weight excluding hydrogens is 226 g/mol. The zero-order chi connectivity index (χ0) is 13.2. The van der Waals surface area contributed by atoms with Gasteiger partial charge in [0.05, 0.1) is 32.4 Å². The first-order valence-electron chi connectivity index (χ1n) is 5.64. The molecule has 0 aliphatic rings. The molecule has 0 bridgehead atoms. The van der Waals surface area contributed by atoms with Crippen LogP contribution in [0.1, 0.15) is 27.7 Å². The third-order valence-electron chi connectivity index (χ3n) is 2.83. The molecule has 0 aromatic heterocycles.